The van der Waals surface area contributed by atoms with Gasteiger partial charge in [0.05, 0.1) is 5.66 Å². The number of rotatable bonds is 0. The van der Waals surface area contributed by atoms with Gasteiger partial charge in [0, 0.05) is 11.0 Å². The Kier molecular flexibility index (Phi) is 1.77. The minimum atomic E-state index is 0.445. The molecule has 3 heterocycles. The van der Waals surface area contributed by atoms with E-state index in [0.29, 0.717) is 16.6 Å². The van der Waals surface area contributed by atoms with Crippen molar-refractivity contribution in [3.63, 3.8) is 0 Å². The molecule has 0 radical (unpaired) electrons. The predicted octanol–water partition coefficient (Wildman–Crippen LogP) is 2.74. The van der Waals surface area contributed by atoms with Crippen LogP contribution in [-0.2, 0) is 0 Å². The lowest BCUT2D eigenvalue weighted by Crippen LogP contribution is -2.91. The Morgan fingerprint density at radius 1 is 1.11 bits per heavy atom. The van der Waals surface area contributed by atoms with Gasteiger partial charge in [-0.1, -0.05) is 6.92 Å². The van der Waals surface area contributed by atoms with Crippen LogP contribution in [0.1, 0.15) is 58.3 Å². The van der Waals surface area contributed by atoms with Crippen molar-refractivity contribution in [2.45, 2.75) is 69.5 Å². The third-order valence-corrected chi connectivity index (χ3v) is 7.56. The molecule has 0 aromatic heterocycles. The molecule has 1 unspecified atom stereocenters. The number of hydrogen-bond donors (Lipinski definition) is 1. The van der Waals surface area contributed by atoms with Crippen LogP contribution in [0.25, 0.3) is 0 Å². The quantitative estimate of drug-likeness (QED) is 0.707. The van der Waals surface area contributed by atoms with Crippen LogP contribution >= 0.6 is 0 Å². The fourth-order valence-corrected chi connectivity index (χ4v) is 7.42. The molecule has 4 bridgehead atoms. The molecule has 1 spiro atoms. The van der Waals surface area contributed by atoms with Gasteiger partial charge in [-0.15, -0.1) is 0 Å². The van der Waals surface area contributed by atoms with Gasteiger partial charge in [-0.25, -0.2) is 0 Å². The second kappa shape index (κ2) is 2.98. The standard InChI is InChI=1S/C16H26N2/c1-12-10-13-4-7-14-5-2-8-18-9-3-6-15(13,14)16(18,11-12)17-14/h12-13,17H,2-11H2,1H3/t12-,13-,14+,15+,16-/m1/s1. The summed E-state index contributed by atoms with van der Waals surface area (Å²) < 4.78 is 0. The molecule has 3 saturated heterocycles. The van der Waals surface area contributed by atoms with Crippen LogP contribution in [0.3, 0.4) is 0 Å². The van der Waals surface area contributed by atoms with Gasteiger partial charge >= 0.3 is 0 Å². The van der Waals surface area contributed by atoms with Crippen LogP contribution in [0.15, 0.2) is 0 Å². The maximum absolute atomic E-state index is 4.21. The van der Waals surface area contributed by atoms with E-state index < -0.39 is 0 Å². The highest BCUT2D eigenvalue weighted by Crippen LogP contribution is 2.75. The van der Waals surface area contributed by atoms with Crippen molar-refractivity contribution in [2.24, 2.45) is 17.3 Å². The highest BCUT2D eigenvalue weighted by Gasteiger charge is 2.81. The van der Waals surface area contributed by atoms with Crippen LogP contribution in [0.5, 0.6) is 0 Å². The first-order chi connectivity index (χ1) is 8.73. The predicted molar refractivity (Wildman–Crippen MR) is 72.2 cm³/mol. The Morgan fingerprint density at radius 3 is 2.83 bits per heavy atom. The van der Waals surface area contributed by atoms with Crippen LogP contribution in [0.2, 0.25) is 0 Å². The van der Waals surface area contributed by atoms with Crippen molar-refractivity contribution < 1.29 is 0 Å². The number of nitrogens with zero attached hydrogens (tertiary/aromatic N) is 1. The highest BCUT2D eigenvalue weighted by molar-refractivity contribution is 5.35. The van der Waals surface area contributed by atoms with E-state index in [9.17, 15) is 0 Å². The van der Waals surface area contributed by atoms with Crippen molar-refractivity contribution in [1.29, 1.82) is 0 Å². The minimum absolute atomic E-state index is 0.445. The lowest BCUT2D eigenvalue weighted by Gasteiger charge is -2.77. The van der Waals surface area contributed by atoms with E-state index in [-0.39, 0.29) is 0 Å². The van der Waals surface area contributed by atoms with Crippen molar-refractivity contribution >= 4 is 0 Å². The van der Waals surface area contributed by atoms with Crippen LogP contribution in [0, 0.1) is 17.3 Å². The van der Waals surface area contributed by atoms with E-state index in [1.807, 2.05) is 0 Å². The van der Waals surface area contributed by atoms with Crippen molar-refractivity contribution in [1.82, 2.24) is 10.2 Å². The van der Waals surface area contributed by atoms with Crippen molar-refractivity contribution in [3.05, 3.63) is 0 Å². The van der Waals surface area contributed by atoms with Gasteiger partial charge < -0.3 is 0 Å². The SMILES string of the molecule is C[C@@H]1C[C@H]2CC[C@@]34CCCN5CCC[C@]23[C@]5(C1)N4. The number of hydrogen-bond acceptors (Lipinski definition) is 2. The molecule has 5 rings (SSSR count). The summed E-state index contributed by atoms with van der Waals surface area (Å²) in [6, 6.07) is 0. The molecule has 2 heteroatoms. The molecule has 1 N–H and O–H groups in total. The van der Waals surface area contributed by atoms with E-state index in [0.717, 1.165) is 11.8 Å². The van der Waals surface area contributed by atoms with E-state index in [4.69, 9.17) is 0 Å². The Bertz CT molecular complexity index is 408. The van der Waals surface area contributed by atoms with Crippen molar-refractivity contribution in [2.75, 3.05) is 13.1 Å². The molecular weight excluding hydrogens is 220 g/mol. The van der Waals surface area contributed by atoms with Crippen LogP contribution in [-0.4, -0.2) is 29.2 Å². The van der Waals surface area contributed by atoms with E-state index in [1.54, 1.807) is 0 Å². The third-order valence-electron chi connectivity index (χ3n) is 7.56. The highest BCUT2D eigenvalue weighted by atomic mass is 15.5. The summed E-state index contributed by atoms with van der Waals surface area (Å²) in [4.78, 5) is 2.88. The lowest BCUT2D eigenvalue weighted by molar-refractivity contribution is -0.263. The van der Waals surface area contributed by atoms with Gasteiger partial charge in [-0.05, 0) is 76.3 Å². The van der Waals surface area contributed by atoms with Gasteiger partial charge in [0.25, 0.3) is 0 Å². The monoisotopic (exact) mass is 246 g/mol. The zero-order chi connectivity index (χ0) is 12.0. The molecular formula is C16H26N2. The molecule has 2 aliphatic carbocycles. The Hall–Kier alpha value is -0.0800. The van der Waals surface area contributed by atoms with Crippen LogP contribution < -0.4 is 5.32 Å². The molecule has 100 valence electrons. The maximum atomic E-state index is 4.21. The first kappa shape index (κ1) is 10.7. The summed E-state index contributed by atoms with van der Waals surface area (Å²) in [6.45, 7) is 5.24. The van der Waals surface area contributed by atoms with Gasteiger partial charge in [-0.2, -0.15) is 0 Å². The van der Waals surface area contributed by atoms with Gasteiger partial charge in [-0.3, -0.25) is 10.2 Å². The normalized spacial score (nSPS) is 64.8. The molecule has 5 fully saturated rings. The number of piperidine rings is 1. The molecule has 5 aliphatic rings. The van der Waals surface area contributed by atoms with E-state index in [1.165, 1.54) is 64.5 Å². The average Bonchev–Trinajstić information content (AvgIpc) is 2.44. The zero-order valence-corrected chi connectivity index (χ0v) is 11.7. The van der Waals surface area contributed by atoms with E-state index >= 15 is 0 Å². The summed E-state index contributed by atoms with van der Waals surface area (Å²) in [6.07, 6.45) is 11.9. The average molecular weight is 246 g/mol. The summed E-state index contributed by atoms with van der Waals surface area (Å²) in [7, 11) is 0. The molecule has 3 aliphatic heterocycles. The van der Waals surface area contributed by atoms with Gasteiger partial charge in [0.1, 0.15) is 0 Å². The maximum Gasteiger partial charge on any atom is 0.0797 e. The van der Waals surface area contributed by atoms with Gasteiger partial charge in [0.2, 0.25) is 0 Å². The summed E-state index contributed by atoms with van der Waals surface area (Å²) in [5.74, 6) is 1.98. The third kappa shape index (κ3) is 0.841. The second-order valence-corrected chi connectivity index (χ2v) is 8.01. The summed E-state index contributed by atoms with van der Waals surface area (Å²) in [5, 5.41) is 4.21. The van der Waals surface area contributed by atoms with Gasteiger partial charge in [0.15, 0.2) is 0 Å². The smallest absolute Gasteiger partial charge is 0.0797 e. The Labute approximate surface area is 110 Å². The Balaban J connectivity index is 1.73. The van der Waals surface area contributed by atoms with Crippen molar-refractivity contribution in [3.8, 4) is 0 Å². The number of nitrogens with one attached hydrogen (secondary N) is 1. The summed E-state index contributed by atoms with van der Waals surface area (Å²) in [5.41, 5.74) is 1.72. The molecule has 0 aromatic carbocycles. The summed E-state index contributed by atoms with van der Waals surface area (Å²) >= 11 is 0. The van der Waals surface area contributed by atoms with Crippen LogP contribution in [0.4, 0.5) is 0 Å². The fraction of sp³-hybridized carbons (Fsp3) is 1.00. The Morgan fingerprint density at radius 2 is 1.94 bits per heavy atom. The molecule has 18 heavy (non-hydrogen) atoms. The zero-order valence-electron chi connectivity index (χ0n) is 11.7. The molecule has 6 atom stereocenters. The molecule has 2 saturated carbocycles. The first-order valence-corrected chi connectivity index (χ1v) is 8.27. The minimum Gasteiger partial charge on any atom is -0.292 e. The first-order valence-electron chi connectivity index (χ1n) is 8.27. The topological polar surface area (TPSA) is 15.3 Å². The molecule has 0 aromatic rings. The molecule has 2 nitrogen and oxygen atoms in total. The van der Waals surface area contributed by atoms with E-state index in [2.05, 4.69) is 17.1 Å². The fourth-order valence-electron chi connectivity index (χ4n) is 7.42. The lowest BCUT2D eigenvalue weighted by atomic mass is 9.43. The largest absolute Gasteiger partial charge is 0.292 e. The second-order valence-electron chi connectivity index (χ2n) is 8.01. The molecule has 0 amide bonds.